The van der Waals surface area contributed by atoms with E-state index in [0.29, 0.717) is 16.6 Å². The predicted octanol–water partition coefficient (Wildman–Crippen LogP) is 4.33. The van der Waals surface area contributed by atoms with Crippen molar-refractivity contribution >= 4 is 28.1 Å². The average molecular weight is 437 g/mol. The van der Waals surface area contributed by atoms with Crippen molar-refractivity contribution in [2.75, 3.05) is 0 Å². The van der Waals surface area contributed by atoms with Gasteiger partial charge in [0, 0.05) is 16.3 Å². The average Bonchev–Trinajstić information content (AvgIpc) is 3.31. The van der Waals surface area contributed by atoms with Crippen LogP contribution in [0.25, 0.3) is 21.5 Å². The molecule has 1 aromatic carbocycles. The highest BCUT2D eigenvalue weighted by molar-refractivity contribution is 7.15. The van der Waals surface area contributed by atoms with Gasteiger partial charge in [0.25, 0.3) is 18.8 Å². The number of hydrogen-bond acceptors (Lipinski definition) is 5. The van der Waals surface area contributed by atoms with Gasteiger partial charge >= 0.3 is 0 Å². The fourth-order valence-electron chi connectivity index (χ4n) is 3.20. The molecule has 156 valence electrons. The topological polar surface area (TPSA) is 65.5 Å². The summed E-state index contributed by atoms with van der Waals surface area (Å²) in [5.41, 5.74) is -1.46. The molecule has 1 atom stereocenters. The zero-order valence-corrected chi connectivity index (χ0v) is 16.3. The monoisotopic (exact) mass is 437 g/mol. The number of aliphatic hydroxyl groups is 1. The lowest BCUT2D eigenvalue weighted by Gasteiger charge is -2.32. The Morgan fingerprint density at radius 1 is 1.20 bits per heavy atom. The van der Waals surface area contributed by atoms with Crippen LogP contribution in [0.2, 0.25) is 0 Å². The number of nitrogens with zero attached hydrogens (tertiary/aromatic N) is 2. The zero-order chi connectivity index (χ0) is 21.6. The van der Waals surface area contributed by atoms with Gasteiger partial charge in [-0.25, -0.2) is 27.6 Å². The van der Waals surface area contributed by atoms with E-state index in [1.807, 2.05) is 24.5 Å². The van der Waals surface area contributed by atoms with Crippen LogP contribution < -0.4 is 5.43 Å². The summed E-state index contributed by atoms with van der Waals surface area (Å²) >= 11 is 1.43. The van der Waals surface area contributed by atoms with Crippen molar-refractivity contribution in [2.24, 2.45) is 0 Å². The highest BCUT2D eigenvalue weighted by atomic mass is 32.1. The molecule has 0 fully saturated rings. The molecule has 0 saturated carbocycles. The third-order valence-electron chi connectivity index (χ3n) is 4.67. The largest absolute Gasteiger partial charge is 0.361 e. The first-order chi connectivity index (χ1) is 14.2. The molecule has 0 radical (unpaired) electrons. The van der Waals surface area contributed by atoms with Crippen molar-refractivity contribution < 1.29 is 27.5 Å². The normalized spacial score (nSPS) is 18.9. The number of pyridine rings is 1. The molecule has 30 heavy (non-hydrogen) atoms. The summed E-state index contributed by atoms with van der Waals surface area (Å²) in [6.07, 6.45) is -6.42. The van der Waals surface area contributed by atoms with Crippen LogP contribution in [0, 0.1) is 6.92 Å². The van der Waals surface area contributed by atoms with Crippen molar-refractivity contribution in [3.63, 3.8) is 0 Å². The van der Waals surface area contributed by atoms with Crippen molar-refractivity contribution in [3.8, 4) is 10.6 Å². The van der Waals surface area contributed by atoms with E-state index in [1.165, 1.54) is 17.4 Å². The summed E-state index contributed by atoms with van der Waals surface area (Å²) in [4.78, 5) is 19.5. The second-order valence-electron chi connectivity index (χ2n) is 6.72. The van der Waals surface area contributed by atoms with Gasteiger partial charge in [-0.05, 0) is 31.2 Å². The van der Waals surface area contributed by atoms with Gasteiger partial charge in [0.1, 0.15) is 0 Å². The van der Waals surface area contributed by atoms with E-state index < -0.39 is 30.2 Å². The van der Waals surface area contributed by atoms with Gasteiger partial charge in [-0.2, -0.15) is 0 Å². The third-order valence-corrected chi connectivity index (χ3v) is 5.69. The van der Waals surface area contributed by atoms with Crippen LogP contribution >= 0.6 is 11.3 Å². The first-order valence-electron chi connectivity index (χ1n) is 8.80. The minimum atomic E-state index is -3.52. The number of nitrogens with one attached hydrogen (secondary N) is 1. The molecule has 0 spiro atoms. The number of hydrogen-bond donors (Lipinski definition) is 2. The third kappa shape index (κ3) is 3.31. The van der Waals surface area contributed by atoms with E-state index in [1.54, 1.807) is 24.3 Å². The Morgan fingerprint density at radius 3 is 2.57 bits per heavy atom. The zero-order valence-electron chi connectivity index (χ0n) is 15.4. The number of rotatable bonds is 4. The van der Waals surface area contributed by atoms with E-state index in [4.69, 9.17) is 0 Å². The number of carbonyl (C=O) groups excluding carboxylic acids is 1. The number of allylic oxidation sites excluding steroid dienone is 1. The van der Waals surface area contributed by atoms with Gasteiger partial charge in [0.2, 0.25) is 5.72 Å². The Labute approximate surface area is 172 Å². The fraction of sp³-hybridized carbons (Fsp3) is 0.200. The summed E-state index contributed by atoms with van der Waals surface area (Å²) in [6.45, 7) is 1.90. The molecule has 2 aromatic heterocycles. The van der Waals surface area contributed by atoms with Gasteiger partial charge in [-0.1, -0.05) is 18.2 Å². The number of hydrazine groups is 1. The smallest absolute Gasteiger partial charge is 0.291 e. The van der Waals surface area contributed by atoms with Crippen LogP contribution in [0.3, 0.4) is 0 Å². The summed E-state index contributed by atoms with van der Waals surface area (Å²) in [5, 5.41) is 10.8. The minimum Gasteiger partial charge on any atom is -0.361 e. The van der Waals surface area contributed by atoms with Crippen molar-refractivity contribution in [2.45, 2.75) is 25.5 Å². The van der Waals surface area contributed by atoms with E-state index in [0.717, 1.165) is 9.75 Å². The number of halogens is 4. The molecule has 1 unspecified atom stereocenters. The van der Waals surface area contributed by atoms with Crippen LogP contribution in [0.15, 0.2) is 54.2 Å². The molecule has 3 heterocycles. The maximum absolute atomic E-state index is 13.6. The molecular formula is C20H15F4N3O2S. The van der Waals surface area contributed by atoms with Crippen LogP contribution in [0.5, 0.6) is 0 Å². The predicted molar refractivity (Wildman–Crippen MR) is 104 cm³/mol. The molecular weight excluding hydrogens is 422 g/mol. The van der Waals surface area contributed by atoms with Crippen LogP contribution in [0.1, 0.15) is 15.2 Å². The fourth-order valence-corrected chi connectivity index (χ4v) is 4.03. The first-order valence-corrected chi connectivity index (χ1v) is 9.61. The maximum Gasteiger partial charge on any atom is 0.291 e. The molecule has 3 aromatic rings. The number of aromatic nitrogens is 1. The van der Waals surface area contributed by atoms with E-state index in [-0.39, 0.29) is 16.6 Å². The van der Waals surface area contributed by atoms with E-state index in [2.05, 4.69) is 4.98 Å². The van der Waals surface area contributed by atoms with Crippen molar-refractivity contribution in [1.29, 1.82) is 0 Å². The van der Waals surface area contributed by atoms with Gasteiger partial charge < -0.3 is 5.11 Å². The van der Waals surface area contributed by atoms with E-state index >= 15 is 0 Å². The number of carbonyl (C=O) groups is 1. The van der Waals surface area contributed by atoms with Crippen LogP contribution in [-0.4, -0.2) is 39.6 Å². The molecule has 1 aliphatic heterocycles. The Hall–Kier alpha value is -2.98. The number of benzene rings is 1. The Kier molecular flexibility index (Phi) is 4.99. The SMILES string of the molecule is Cc1ccc(-c2cc(C(=O)N3NC(C(F)F)=CC3(O)C(F)F)c3ccccc3n2)s1. The molecule has 0 aliphatic carbocycles. The Bertz CT molecular complexity index is 1160. The lowest BCUT2D eigenvalue weighted by atomic mass is 10.0. The first kappa shape index (κ1) is 20.3. The second-order valence-corrected chi connectivity index (χ2v) is 8.01. The number of alkyl halides is 4. The lowest BCUT2D eigenvalue weighted by Crippen LogP contribution is -2.56. The summed E-state index contributed by atoms with van der Waals surface area (Å²) in [5.74, 6) is -1.09. The summed E-state index contributed by atoms with van der Waals surface area (Å²) in [6, 6.07) is 11.6. The summed E-state index contributed by atoms with van der Waals surface area (Å²) in [7, 11) is 0. The van der Waals surface area contributed by atoms with Gasteiger partial charge in [-0.15, -0.1) is 11.3 Å². The number of para-hydroxylation sites is 1. The number of fused-ring (bicyclic) bond motifs is 1. The highest BCUT2D eigenvalue weighted by Crippen LogP contribution is 2.34. The Balaban J connectivity index is 1.85. The molecule has 1 aliphatic rings. The van der Waals surface area contributed by atoms with E-state index in [9.17, 15) is 27.5 Å². The highest BCUT2D eigenvalue weighted by Gasteiger charge is 2.51. The molecule has 10 heteroatoms. The molecule has 2 N–H and O–H groups in total. The molecule has 5 nitrogen and oxygen atoms in total. The standard InChI is InChI=1S/C20H15F4N3O2S/c1-10-6-7-16(30-10)14-8-12(11-4-2-3-5-13(11)25-14)18(28)27-20(29,19(23)24)9-15(26-27)17(21)22/h2-9,17,19,26,29H,1H3. The quantitative estimate of drug-likeness (QED) is 0.597. The maximum atomic E-state index is 13.6. The Morgan fingerprint density at radius 2 is 1.93 bits per heavy atom. The van der Waals surface area contributed by atoms with Gasteiger partial charge in [0.05, 0.1) is 27.3 Å². The summed E-state index contributed by atoms with van der Waals surface area (Å²) < 4.78 is 53.3. The molecule has 4 rings (SSSR count). The lowest BCUT2D eigenvalue weighted by molar-refractivity contribution is -0.146. The molecule has 0 saturated heterocycles. The van der Waals surface area contributed by atoms with Crippen LogP contribution in [0.4, 0.5) is 17.6 Å². The van der Waals surface area contributed by atoms with Crippen molar-refractivity contribution in [3.05, 3.63) is 64.7 Å². The van der Waals surface area contributed by atoms with Crippen molar-refractivity contribution in [1.82, 2.24) is 15.4 Å². The molecule has 0 bridgehead atoms. The molecule has 1 amide bonds. The van der Waals surface area contributed by atoms with Crippen LogP contribution in [-0.2, 0) is 0 Å². The number of aryl methyl sites for hydroxylation is 1. The number of amides is 1. The van der Waals surface area contributed by atoms with Gasteiger partial charge in [0.15, 0.2) is 0 Å². The number of thiophene rings is 1. The minimum absolute atomic E-state index is 0.0582. The second kappa shape index (κ2) is 7.37. The van der Waals surface area contributed by atoms with Gasteiger partial charge in [-0.3, -0.25) is 10.2 Å².